The number of nitrogens with zero attached hydrogens (tertiary/aromatic N) is 1. The number of likely N-dealkylation sites (tertiary alicyclic amines) is 1. The van der Waals surface area contributed by atoms with Crippen molar-refractivity contribution in [2.24, 2.45) is 5.92 Å². The Balaban J connectivity index is 1.83. The van der Waals surface area contributed by atoms with Crippen LogP contribution < -0.4 is 0 Å². The Bertz CT molecular complexity index is 424. The van der Waals surface area contributed by atoms with E-state index in [0.717, 1.165) is 13.0 Å². The standard InChI is InChI=1S/C25H47NO3/c1-3-5-6-7-8-9-10-11-12-13-14-15-16-17-18-19-20-26-22-23(21-24(26)27)25(28)29-4-2/h23H,3-22H2,1-2H3. The lowest BCUT2D eigenvalue weighted by atomic mass is 10.0. The van der Waals surface area contributed by atoms with Gasteiger partial charge in [-0.2, -0.15) is 0 Å². The number of hydrogen-bond donors (Lipinski definition) is 0. The van der Waals surface area contributed by atoms with Crippen LogP contribution in [-0.4, -0.2) is 36.5 Å². The molecule has 0 aromatic heterocycles. The Hall–Kier alpha value is -1.06. The lowest BCUT2D eigenvalue weighted by Gasteiger charge is -2.16. The predicted molar refractivity (Wildman–Crippen MR) is 121 cm³/mol. The van der Waals surface area contributed by atoms with Crippen molar-refractivity contribution in [1.29, 1.82) is 0 Å². The van der Waals surface area contributed by atoms with E-state index in [-0.39, 0.29) is 17.8 Å². The van der Waals surface area contributed by atoms with Gasteiger partial charge in [0.1, 0.15) is 0 Å². The van der Waals surface area contributed by atoms with Gasteiger partial charge in [0.05, 0.1) is 12.5 Å². The molecule has 0 N–H and O–H groups in total. The van der Waals surface area contributed by atoms with Crippen molar-refractivity contribution in [3.63, 3.8) is 0 Å². The first-order valence-electron chi connectivity index (χ1n) is 12.6. The van der Waals surface area contributed by atoms with Gasteiger partial charge in [0.15, 0.2) is 0 Å². The van der Waals surface area contributed by atoms with Crippen molar-refractivity contribution in [3.8, 4) is 0 Å². The molecule has 0 aliphatic carbocycles. The lowest BCUT2D eigenvalue weighted by Crippen LogP contribution is -2.27. The summed E-state index contributed by atoms with van der Waals surface area (Å²) in [6.07, 6.45) is 22.0. The summed E-state index contributed by atoms with van der Waals surface area (Å²) in [6, 6.07) is 0. The molecular formula is C25H47NO3. The highest BCUT2D eigenvalue weighted by Gasteiger charge is 2.34. The number of ether oxygens (including phenoxy) is 1. The Morgan fingerprint density at radius 1 is 0.793 bits per heavy atom. The Kier molecular flexibility index (Phi) is 15.9. The molecule has 4 heteroatoms. The van der Waals surface area contributed by atoms with Gasteiger partial charge in [-0.25, -0.2) is 0 Å². The fourth-order valence-corrected chi connectivity index (χ4v) is 4.26. The molecule has 1 saturated heterocycles. The van der Waals surface area contributed by atoms with Crippen molar-refractivity contribution in [2.75, 3.05) is 19.7 Å². The topological polar surface area (TPSA) is 46.6 Å². The third kappa shape index (κ3) is 13.0. The molecule has 1 heterocycles. The second-order valence-electron chi connectivity index (χ2n) is 8.80. The number of amides is 1. The summed E-state index contributed by atoms with van der Waals surface area (Å²) >= 11 is 0. The fourth-order valence-electron chi connectivity index (χ4n) is 4.26. The van der Waals surface area contributed by atoms with E-state index in [1.165, 1.54) is 96.3 Å². The molecule has 0 bridgehead atoms. The highest BCUT2D eigenvalue weighted by Crippen LogP contribution is 2.20. The molecule has 0 aromatic carbocycles. The van der Waals surface area contributed by atoms with Gasteiger partial charge in [-0.1, -0.05) is 103 Å². The Morgan fingerprint density at radius 3 is 1.69 bits per heavy atom. The molecule has 1 aliphatic rings. The maximum Gasteiger partial charge on any atom is 0.311 e. The molecule has 1 aliphatic heterocycles. The third-order valence-corrected chi connectivity index (χ3v) is 6.12. The zero-order valence-corrected chi connectivity index (χ0v) is 19.4. The van der Waals surface area contributed by atoms with E-state index in [4.69, 9.17) is 4.74 Å². The van der Waals surface area contributed by atoms with Gasteiger partial charge in [0.25, 0.3) is 0 Å². The molecule has 29 heavy (non-hydrogen) atoms. The summed E-state index contributed by atoms with van der Waals surface area (Å²) in [5.74, 6) is -0.345. The second kappa shape index (κ2) is 17.8. The Labute approximate surface area is 180 Å². The number of carbonyl (C=O) groups is 2. The first-order chi connectivity index (χ1) is 14.2. The van der Waals surface area contributed by atoms with E-state index in [1.54, 1.807) is 0 Å². The quantitative estimate of drug-likeness (QED) is 0.177. The van der Waals surface area contributed by atoms with Crippen molar-refractivity contribution < 1.29 is 14.3 Å². The molecule has 0 aromatic rings. The van der Waals surface area contributed by atoms with Gasteiger partial charge in [-0.3, -0.25) is 9.59 Å². The number of hydrogen-bond acceptors (Lipinski definition) is 3. The second-order valence-corrected chi connectivity index (χ2v) is 8.80. The van der Waals surface area contributed by atoms with Crippen LogP contribution in [0.2, 0.25) is 0 Å². The molecular weight excluding hydrogens is 362 g/mol. The number of esters is 1. The zero-order valence-electron chi connectivity index (χ0n) is 19.4. The monoisotopic (exact) mass is 409 g/mol. The Morgan fingerprint density at radius 2 is 1.24 bits per heavy atom. The highest BCUT2D eigenvalue weighted by molar-refractivity contribution is 5.86. The van der Waals surface area contributed by atoms with Crippen LogP contribution in [0.5, 0.6) is 0 Å². The molecule has 1 atom stereocenters. The zero-order chi connectivity index (χ0) is 21.2. The van der Waals surface area contributed by atoms with Gasteiger partial charge >= 0.3 is 5.97 Å². The van der Waals surface area contributed by atoms with E-state index >= 15 is 0 Å². The van der Waals surface area contributed by atoms with E-state index in [9.17, 15) is 9.59 Å². The normalized spacial score (nSPS) is 16.6. The summed E-state index contributed by atoms with van der Waals surface area (Å²) in [7, 11) is 0. The van der Waals surface area contributed by atoms with Crippen molar-refractivity contribution in [2.45, 2.75) is 123 Å². The van der Waals surface area contributed by atoms with E-state index in [0.29, 0.717) is 19.6 Å². The predicted octanol–water partition coefficient (Wildman–Crippen LogP) is 6.66. The van der Waals surface area contributed by atoms with Crippen LogP contribution in [0.25, 0.3) is 0 Å². The van der Waals surface area contributed by atoms with Crippen LogP contribution in [0.3, 0.4) is 0 Å². The molecule has 0 radical (unpaired) electrons. The summed E-state index contributed by atoms with van der Waals surface area (Å²) in [6.45, 7) is 5.83. The van der Waals surface area contributed by atoms with Crippen LogP contribution in [0.1, 0.15) is 123 Å². The van der Waals surface area contributed by atoms with Crippen LogP contribution in [0.15, 0.2) is 0 Å². The molecule has 4 nitrogen and oxygen atoms in total. The number of carbonyl (C=O) groups excluding carboxylic acids is 2. The minimum absolute atomic E-state index is 0.115. The molecule has 1 unspecified atom stereocenters. The average Bonchev–Trinajstić information content (AvgIpc) is 3.08. The van der Waals surface area contributed by atoms with Crippen LogP contribution >= 0.6 is 0 Å². The minimum atomic E-state index is -0.247. The maximum absolute atomic E-state index is 12.0. The van der Waals surface area contributed by atoms with Crippen LogP contribution in [-0.2, 0) is 14.3 Å². The molecule has 1 fully saturated rings. The SMILES string of the molecule is CCCCCCCCCCCCCCCCCCN1CC(C(=O)OCC)CC1=O. The van der Waals surface area contributed by atoms with Crippen molar-refractivity contribution in [3.05, 3.63) is 0 Å². The summed E-state index contributed by atoms with van der Waals surface area (Å²) in [4.78, 5) is 25.6. The molecule has 170 valence electrons. The largest absolute Gasteiger partial charge is 0.466 e. The summed E-state index contributed by atoms with van der Waals surface area (Å²) in [5.41, 5.74) is 0. The summed E-state index contributed by atoms with van der Waals surface area (Å²) in [5, 5.41) is 0. The van der Waals surface area contributed by atoms with Crippen LogP contribution in [0, 0.1) is 5.92 Å². The third-order valence-electron chi connectivity index (χ3n) is 6.12. The van der Waals surface area contributed by atoms with Crippen molar-refractivity contribution in [1.82, 2.24) is 4.90 Å². The molecule has 1 rings (SSSR count). The van der Waals surface area contributed by atoms with Crippen molar-refractivity contribution >= 4 is 11.9 Å². The lowest BCUT2D eigenvalue weighted by molar-refractivity contribution is -0.147. The fraction of sp³-hybridized carbons (Fsp3) is 0.920. The van der Waals surface area contributed by atoms with Gasteiger partial charge in [0, 0.05) is 19.5 Å². The van der Waals surface area contributed by atoms with E-state index < -0.39 is 0 Å². The highest BCUT2D eigenvalue weighted by atomic mass is 16.5. The first-order valence-corrected chi connectivity index (χ1v) is 12.6. The molecule has 0 saturated carbocycles. The number of rotatable bonds is 19. The van der Waals surface area contributed by atoms with Gasteiger partial charge < -0.3 is 9.64 Å². The van der Waals surface area contributed by atoms with Gasteiger partial charge in [0.2, 0.25) is 5.91 Å². The molecule has 1 amide bonds. The smallest absolute Gasteiger partial charge is 0.311 e. The minimum Gasteiger partial charge on any atom is -0.466 e. The average molecular weight is 410 g/mol. The first kappa shape index (κ1) is 26.0. The van der Waals surface area contributed by atoms with Crippen LogP contribution in [0.4, 0.5) is 0 Å². The summed E-state index contributed by atoms with van der Waals surface area (Å²) < 4.78 is 5.04. The van der Waals surface area contributed by atoms with Gasteiger partial charge in [-0.15, -0.1) is 0 Å². The maximum atomic E-state index is 12.0. The van der Waals surface area contributed by atoms with E-state index in [2.05, 4.69) is 6.92 Å². The van der Waals surface area contributed by atoms with Gasteiger partial charge in [-0.05, 0) is 13.3 Å². The molecule has 0 spiro atoms. The van der Waals surface area contributed by atoms with E-state index in [1.807, 2.05) is 11.8 Å². The number of unbranched alkanes of at least 4 members (excludes halogenated alkanes) is 15.